The fourth-order valence-corrected chi connectivity index (χ4v) is 2.42. The lowest BCUT2D eigenvalue weighted by molar-refractivity contribution is 0.276. The van der Waals surface area contributed by atoms with Crippen molar-refractivity contribution < 1.29 is 13.9 Å². The van der Waals surface area contributed by atoms with Crippen molar-refractivity contribution in [3.05, 3.63) is 59.4 Å². The molecule has 0 saturated carbocycles. The van der Waals surface area contributed by atoms with Crippen LogP contribution in [-0.2, 0) is 13.0 Å². The third-order valence-electron chi connectivity index (χ3n) is 3.63. The molecular weight excluding hydrogens is 305 g/mol. The first kappa shape index (κ1) is 18.3. The summed E-state index contributed by atoms with van der Waals surface area (Å²) >= 11 is 0. The fraction of sp³-hybridized carbons (Fsp3) is 0.400. The molecule has 0 aliphatic carbocycles. The van der Waals surface area contributed by atoms with Crippen LogP contribution in [0.4, 0.5) is 4.39 Å². The van der Waals surface area contributed by atoms with Crippen LogP contribution in [0.25, 0.3) is 0 Å². The van der Waals surface area contributed by atoms with E-state index in [4.69, 9.17) is 9.47 Å². The summed E-state index contributed by atoms with van der Waals surface area (Å²) in [6.45, 7) is 6.76. The van der Waals surface area contributed by atoms with Crippen LogP contribution >= 0.6 is 0 Å². The lowest BCUT2D eigenvalue weighted by atomic mass is 10.1. The second-order valence-electron chi connectivity index (χ2n) is 5.58. The average molecular weight is 331 g/mol. The zero-order valence-electron chi connectivity index (χ0n) is 14.5. The molecule has 0 aliphatic rings. The molecule has 0 fully saturated rings. The number of hydrogen-bond acceptors (Lipinski definition) is 3. The van der Waals surface area contributed by atoms with E-state index in [1.807, 2.05) is 37.3 Å². The summed E-state index contributed by atoms with van der Waals surface area (Å²) in [5.74, 6) is 1.42. The monoisotopic (exact) mass is 331 g/mol. The van der Waals surface area contributed by atoms with Crippen molar-refractivity contribution in [1.82, 2.24) is 5.32 Å². The molecule has 130 valence electrons. The highest BCUT2D eigenvalue weighted by molar-refractivity contribution is 5.43. The Labute approximate surface area is 143 Å². The molecule has 0 radical (unpaired) electrons. The molecule has 0 atom stereocenters. The zero-order chi connectivity index (χ0) is 17.2. The van der Waals surface area contributed by atoms with Gasteiger partial charge in [0.05, 0.1) is 13.2 Å². The van der Waals surface area contributed by atoms with Crippen LogP contribution in [0.5, 0.6) is 11.5 Å². The van der Waals surface area contributed by atoms with E-state index in [2.05, 4.69) is 12.2 Å². The largest absolute Gasteiger partial charge is 0.490 e. The van der Waals surface area contributed by atoms with E-state index < -0.39 is 0 Å². The lowest BCUT2D eigenvalue weighted by Gasteiger charge is -2.13. The van der Waals surface area contributed by atoms with Crippen LogP contribution in [-0.4, -0.2) is 19.8 Å². The Kier molecular flexibility index (Phi) is 7.56. The van der Waals surface area contributed by atoms with E-state index in [9.17, 15) is 4.39 Å². The van der Waals surface area contributed by atoms with Gasteiger partial charge in [-0.25, -0.2) is 4.39 Å². The van der Waals surface area contributed by atoms with Gasteiger partial charge in [0.25, 0.3) is 0 Å². The number of benzene rings is 2. The van der Waals surface area contributed by atoms with Crippen molar-refractivity contribution >= 4 is 0 Å². The quantitative estimate of drug-likeness (QED) is 0.657. The summed E-state index contributed by atoms with van der Waals surface area (Å²) in [5.41, 5.74) is 1.86. The molecule has 2 aromatic rings. The Morgan fingerprint density at radius 3 is 2.58 bits per heavy atom. The van der Waals surface area contributed by atoms with Crippen LogP contribution in [0.15, 0.2) is 42.5 Å². The summed E-state index contributed by atoms with van der Waals surface area (Å²) in [6, 6.07) is 12.9. The molecule has 0 aliphatic heterocycles. The van der Waals surface area contributed by atoms with E-state index >= 15 is 0 Å². The number of nitrogens with one attached hydrogen (secondary N) is 1. The Morgan fingerprint density at radius 2 is 1.83 bits per heavy atom. The van der Waals surface area contributed by atoms with Crippen LogP contribution in [0, 0.1) is 5.82 Å². The first-order chi connectivity index (χ1) is 11.7. The normalized spacial score (nSPS) is 10.6. The summed E-state index contributed by atoms with van der Waals surface area (Å²) in [7, 11) is 0. The van der Waals surface area contributed by atoms with E-state index in [-0.39, 0.29) is 5.82 Å². The number of ether oxygens (including phenoxy) is 2. The molecule has 0 spiro atoms. The topological polar surface area (TPSA) is 30.5 Å². The van der Waals surface area contributed by atoms with Gasteiger partial charge in [0.2, 0.25) is 0 Å². The van der Waals surface area contributed by atoms with Gasteiger partial charge in [-0.2, -0.15) is 0 Å². The van der Waals surface area contributed by atoms with Gasteiger partial charge in [-0.3, -0.25) is 0 Å². The third kappa shape index (κ3) is 5.53. The maximum Gasteiger partial charge on any atom is 0.161 e. The van der Waals surface area contributed by atoms with E-state index in [1.165, 1.54) is 6.07 Å². The van der Waals surface area contributed by atoms with Gasteiger partial charge in [0.1, 0.15) is 5.82 Å². The second-order valence-corrected chi connectivity index (χ2v) is 5.58. The summed E-state index contributed by atoms with van der Waals surface area (Å²) in [5, 5.41) is 3.35. The van der Waals surface area contributed by atoms with Crippen molar-refractivity contribution in [3.8, 4) is 11.5 Å². The van der Waals surface area contributed by atoms with Gasteiger partial charge in [-0.15, -0.1) is 0 Å². The molecule has 0 heterocycles. The van der Waals surface area contributed by atoms with Crippen molar-refractivity contribution in [2.75, 3.05) is 19.8 Å². The molecule has 0 bridgehead atoms. The predicted octanol–water partition coefficient (Wildman–Crippen LogP) is 4.35. The molecule has 2 aromatic carbocycles. The van der Waals surface area contributed by atoms with Crippen LogP contribution in [0.2, 0.25) is 0 Å². The molecule has 0 saturated heterocycles. The van der Waals surface area contributed by atoms with Crippen molar-refractivity contribution in [3.63, 3.8) is 0 Å². The highest BCUT2D eigenvalue weighted by Gasteiger charge is 2.06. The maximum absolute atomic E-state index is 13.6. The highest BCUT2D eigenvalue weighted by Crippen LogP contribution is 2.28. The van der Waals surface area contributed by atoms with Gasteiger partial charge in [-0.05, 0) is 55.6 Å². The summed E-state index contributed by atoms with van der Waals surface area (Å²) < 4.78 is 24.9. The smallest absolute Gasteiger partial charge is 0.161 e. The highest BCUT2D eigenvalue weighted by atomic mass is 19.1. The van der Waals surface area contributed by atoms with E-state index in [0.717, 1.165) is 35.6 Å². The minimum absolute atomic E-state index is 0.143. The number of rotatable bonds is 10. The van der Waals surface area contributed by atoms with Crippen LogP contribution in [0.1, 0.15) is 31.4 Å². The minimum atomic E-state index is -0.143. The van der Waals surface area contributed by atoms with Gasteiger partial charge in [0, 0.05) is 6.54 Å². The first-order valence-corrected chi connectivity index (χ1v) is 8.57. The SMILES string of the molecule is CCCOc1ccc(CNCCc2ccccc2F)cc1OCC. The van der Waals surface area contributed by atoms with E-state index in [1.54, 1.807) is 6.07 Å². The van der Waals surface area contributed by atoms with Crippen LogP contribution < -0.4 is 14.8 Å². The molecule has 0 amide bonds. The first-order valence-electron chi connectivity index (χ1n) is 8.57. The Morgan fingerprint density at radius 1 is 1.00 bits per heavy atom. The zero-order valence-corrected chi connectivity index (χ0v) is 14.5. The number of halogens is 1. The molecule has 2 rings (SSSR count). The molecule has 0 aromatic heterocycles. The average Bonchev–Trinajstić information content (AvgIpc) is 2.59. The predicted molar refractivity (Wildman–Crippen MR) is 95.2 cm³/mol. The maximum atomic E-state index is 13.6. The Bertz CT molecular complexity index is 631. The second kappa shape index (κ2) is 9.93. The Balaban J connectivity index is 1.87. The van der Waals surface area contributed by atoms with E-state index in [0.29, 0.717) is 26.2 Å². The summed E-state index contributed by atoms with van der Waals surface area (Å²) in [6.07, 6.45) is 1.63. The molecule has 3 nitrogen and oxygen atoms in total. The molecule has 1 N–H and O–H groups in total. The molecule has 0 unspecified atom stereocenters. The van der Waals surface area contributed by atoms with Gasteiger partial charge in [-0.1, -0.05) is 31.2 Å². The van der Waals surface area contributed by atoms with Crippen LogP contribution in [0.3, 0.4) is 0 Å². The van der Waals surface area contributed by atoms with Gasteiger partial charge >= 0.3 is 0 Å². The minimum Gasteiger partial charge on any atom is -0.490 e. The molecule has 24 heavy (non-hydrogen) atoms. The fourth-order valence-electron chi connectivity index (χ4n) is 2.42. The molecule has 4 heteroatoms. The lowest BCUT2D eigenvalue weighted by Crippen LogP contribution is -2.17. The third-order valence-corrected chi connectivity index (χ3v) is 3.63. The van der Waals surface area contributed by atoms with Crippen molar-refractivity contribution in [2.24, 2.45) is 0 Å². The van der Waals surface area contributed by atoms with Crippen molar-refractivity contribution in [1.29, 1.82) is 0 Å². The number of hydrogen-bond donors (Lipinski definition) is 1. The van der Waals surface area contributed by atoms with Crippen molar-refractivity contribution in [2.45, 2.75) is 33.2 Å². The summed E-state index contributed by atoms with van der Waals surface area (Å²) in [4.78, 5) is 0. The van der Waals surface area contributed by atoms with Gasteiger partial charge in [0.15, 0.2) is 11.5 Å². The molecular formula is C20H26FNO2. The van der Waals surface area contributed by atoms with Gasteiger partial charge < -0.3 is 14.8 Å². The standard InChI is InChI=1S/C20H26FNO2/c1-3-13-24-19-10-9-16(14-20(19)23-4-2)15-22-12-11-17-7-5-6-8-18(17)21/h5-10,14,22H,3-4,11-13,15H2,1-2H3. The Hall–Kier alpha value is -2.07.